The number of nitrogens with one attached hydrogen (secondary N) is 1. The van der Waals surface area contributed by atoms with E-state index in [1.165, 1.54) is 5.56 Å². The highest BCUT2D eigenvalue weighted by molar-refractivity contribution is 5.75. The Morgan fingerprint density at radius 1 is 1.33 bits per heavy atom. The Kier molecular flexibility index (Phi) is 4.37. The first-order valence-corrected chi connectivity index (χ1v) is 6.90. The lowest BCUT2D eigenvalue weighted by atomic mass is 10.0. The largest absolute Gasteiger partial charge is 0.342 e. The lowest BCUT2D eigenvalue weighted by Crippen LogP contribution is -2.06. The van der Waals surface area contributed by atoms with E-state index in [0.29, 0.717) is 5.92 Å². The molecule has 2 aromatic rings. The van der Waals surface area contributed by atoms with Gasteiger partial charge in [0.1, 0.15) is 5.82 Å². The molecule has 98 valence electrons. The van der Waals surface area contributed by atoms with Gasteiger partial charge in [0.2, 0.25) is 0 Å². The van der Waals surface area contributed by atoms with Crippen LogP contribution in [-0.2, 0) is 12.8 Å². The van der Waals surface area contributed by atoms with Gasteiger partial charge in [0.05, 0.1) is 11.0 Å². The second kappa shape index (κ2) is 6.01. The Morgan fingerprint density at radius 3 is 2.89 bits per heavy atom. The molecule has 3 nitrogen and oxygen atoms in total. The molecule has 1 heterocycles. The Labute approximate surface area is 109 Å². The van der Waals surface area contributed by atoms with Crippen LogP contribution in [0.2, 0.25) is 0 Å². The van der Waals surface area contributed by atoms with Gasteiger partial charge in [-0.25, -0.2) is 4.98 Å². The molecule has 0 fully saturated rings. The zero-order valence-electron chi connectivity index (χ0n) is 11.4. The molecule has 0 saturated carbocycles. The summed E-state index contributed by atoms with van der Waals surface area (Å²) in [5, 5.41) is 0. The quantitative estimate of drug-likeness (QED) is 0.822. The number of hydrogen-bond acceptors (Lipinski definition) is 2. The van der Waals surface area contributed by atoms with Crippen LogP contribution in [0.15, 0.2) is 18.2 Å². The van der Waals surface area contributed by atoms with E-state index in [0.717, 1.165) is 49.1 Å². The predicted octanol–water partition coefficient (Wildman–Crippen LogP) is 3.04. The molecule has 1 aromatic heterocycles. The second-order valence-corrected chi connectivity index (χ2v) is 5.11. The van der Waals surface area contributed by atoms with E-state index in [1.54, 1.807) is 0 Å². The van der Waals surface area contributed by atoms with E-state index in [-0.39, 0.29) is 0 Å². The number of hydrogen-bond donors (Lipinski definition) is 2. The van der Waals surface area contributed by atoms with Crippen molar-refractivity contribution in [1.29, 1.82) is 0 Å². The zero-order chi connectivity index (χ0) is 13.0. The Hall–Kier alpha value is -1.35. The number of fused-ring (bicyclic) bond motifs is 1. The lowest BCUT2D eigenvalue weighted by Gasteiger charge is -2.07. The van der Waals surface area contributed by atoms with E-state index in [1.807, 2.05) is 0 Å². The summed E-state index contributed by atoms with van der Waals surface area (Å²) < 4.78 is 0. The van der Waals surface area contributed by atoms with Crippen LogP contribution in [0.25, 0.3) is 11.0 Å². The number of benzene rings is 1. The van der Waals surface area contributed by atoms with Crippen LogP contribution in [0.4, 0.5) is 0 Å². The fourth-order valence-electron chi connectivity index (χ4n) is 2.26. The van der Waals surface area contributed by atoms with Gasteiger partial charge in [-0.1, -0.05) is 19.9 Å². The van der Waals surface area contributed by atoms with E-state index in [2.05, 4.69) is 42.0 Å². The molecule has 1 unspecified atom stereocenters. The maximum Gasteiger partial charge on any atom is 0.107 e. The molecule has 0 bridgehead atoms. The standard InChI is InChI=1S/C15H23N3/c1-3-12-5-6-13-14(10-12)18-15(17-13)7-4-11(2)8-9-16/h5-6,10-11H,3-4,7-9,16H2,1-2H3,(H,17,18). The summed E-state index contributed by atoms with van der Waals surface area (Å²) >= 11 is 0. The number of nitrogens with two attached hydrogens (primary N) is 1. The van der Waals surface area contributed by atoms with Gasteiger partial charge in [-0.15, -0.1) is 0 Å². The van der Waals surface area contributed by atoms with Crippen molar-refractivity contribution in [3.8, 4) is 0 Å². The van der Waals surface area contributed by atoms with Gasteiger partial charge >= 0.3 is 0 Å². The minimum atomic E-state index is 0.675. The molecule has 18 heavy (non-hydrogen) atoms. The summed E-state index contributed by atoms with van der Waals surface area (Å²) in [5.41, 5.74) is 9.16. The van der Waals surface area contributed by atoms with E-state index < -0.39 is 0 Å². The van der Waals surface area contributed by atoms with Crippen molar-refractivity contribution in [3.63, 3.8) is 0 Å². The van der Waals surface area contributed by atoms with Crippen LogP contribution in [0, 0.1) is 5.92 Å². The van der Waals surface area contributed by atoms with Gasteiger partial charge in [-0.05, 0) is 49.4 Å². The van der Waals surface area contributed by atoms with Gasteiger partial charge in [-0.2, -0.15) is 0 Å². The van der Waals surface area contributed by atoms with Crippen LogP contribution in [0.5, 0.6) is 0 Å². The Bertz CT molecular complexity index is 501. The summed E-state index contributed by atoms with van der Waals surface area (Å²) in [4.78, 5) is 8.06. The fourth-order valence-corrected chi connectivity index (χ4v) is 2.26. The minimum absolute atomic E-state index is 0.675. The van der Waals surface area contributed by atoms with Gasteiger partial charge in [0.25, 0.3) is 0 Å². The molecule has 2 rings (SSSR count). The van der Waals surface area contributed by atoms with Crippen LogP contribution in [-0.4, -0.2) is 16.5 Å². The third-order valence-corrected chi connectivity index (χ3v) is 3.54. The van der Waals surface area contributed by atoms with Gasteiger partial charge in [-0.3, -0.25) is 0 Å². The third-order valence-electron chi connectivity index (χ3n) is 3.54. The smallest absolute Gasteiger partial charge is 0.107 e. The molecule has 0 aliphatic rings. The number of rotatable bonds is 6. The normalized spacial score (nSPS) is 13.1. The SMILES string of the molecule is CCc1ccc2nc(CCC(C)CCN)[nH]c2c1. The molecule has 0 saturated heterocycles. The molecule has 0 aliphatic carbocycles. The van der Waals surface area contributed by atoms with Crippen LogP contribution in [0.3, 0.4) is 0 Å². The number of nitrogens with zero attached hydrogens (tertiary/aromatic N) is 1. The molecule has 0 spiro atoms. The van der Waals surface area contributed by atoms with Gasteiger partial charge < -0.3 is 10.7 Å². The van der Waals surface area contributed by atoms with E-state index >= 15 is 0 Å². The number of aryl methyl sites for hydroxylation is 2. The second-order valence-electron chi connectivity index (χ2n) is 5.11. The van der Waals surface area contributed by atoms with Gasteiger partial charge in [0, 0.05) is 6.42 Å². The van der Waals surface area contributed by atoms with Crippen molar-refractivity contribution >= 4 is 11.0 Å². The summed E-state index contributed by atoms with van der Waals surface area (Å²) in [5.74, 6) is 1.77. The summed E-state index contributed by atoms with van der Waals surface area (Å²) in [6.45, 7) is 5.21. The fraction of sp³-hybridized carbons (Fsp3) is 0.533. The maximum absolute atomic E-state index is 5.57. The first-order chi connectivity index (χ1) is 8.72. The summed E-state index contributed by atoms with van der Waals surface area (Å²) in [6, 6.07) is 6.47. The molecule has 1 atom stereocenters. The average Bonchev–Trinajstić information content (AvgIpc) is 2.78. The van der Waals surface area contributed by atoms with Crippen LogP contribution < -0.4 is 5.73 Å². The predicted molar refractivity (Wildman–Crippen MR) is 76.6 cm³/mol. The lowest BCUT2D eigenvalue weighted by molar-refractivity contribution is 0.495. The van der Waals surface area contributed by atoms with Crippen molar-refractivity contribution < 1.29 is 0 Å². The third kappa shape index (κ3) is 3.10. The number of aromatic amines is 1. The van der Waals surface area contributed by atoms with Crippen molar-refractivity contribution in [1.82, 2.24) is 9.97 Å². The van der Waals surface area contributed by atoms with E-state index in [4.69, 9.17) is 5.73 Å². The summed E-state index contributed by atoms with van der Waals surface area (Å²) in [6.07, 6.45) is 4.33. The monoisotopic (exact) mass is 245 g/mol. The number of imidazole rings is 1. The topological polar surface area (TPSA) is 54.7 Å². The molecule has 0 aliphatic heterocycles. The molecule has 0 amide bonds. The Balaban J connectivity index is 2.05. The van der Waals surface area contributed by atoms with Crippen molar-refractivity contribution in [2.75, 3.05) is 6.54 Å². The number of aromatic nitrogens is 2. The highest BCUT2D eigenvalue weighted by atomic mass is 14.9. The van der Waals surface area contributed by atoms with Crippen LogP contribution >= 0.6 is 0 Å². The maximum atomic E-state index is 5.57. The first kappa shape index (κ1) is 13.1. The molecule has 3 N–H and O–H groups in total. The van der Waals surface area contributed by atoms with Crippen molar-refractivity contribution in [2.45, 2.75) is 39.5 Å². The Morgan fingerprint density at radius 2 is 2.17 bits per heavy atom. The molecule has 3 heteroatoms. The van der Waals surface area contributed by atoms with Gasteiger partial charge in [0.15, 0.2) is 0 Å². The summed E-state index contributed by atoms with van der Waals surface area (Å²) in [7, 11) is 0. The first-order valence-electron chi connectivity index (χ1n) is 6.90. The molecular formula is C15H23N3. The van der Waals surface area contributed by atoms with Crippen molar-refractivity contribution in [2.24, 2.45) is 11.7 Å². The molecule has 1 aromatic carbocycles. The van der Waals surface area contributed by atoms with Crippen LogP contribution in [0.1, 0.15) is 38.1 Å². The zero-order valence-corrected chi connectivity index (χ0v) is 11.4. The minimum Gasteiger partial charge on any atom is -0.342 e. The highest BCUT2D eigenvalue weighted by Gasteiger charge is 2.06. The average molecular weight is 245 g/mol. The molecule has 0 radical (unpaired) electrons. The van der Waals surface area contributed by atoms with E-state index in [9.17, 15) is 0 Å². The highest BCUT2D eigenvalue weighted by Crippen LogP contribution is 2.16. The number of H-pyrrole nitrogens is 1. The van der Waals surface area contributed by atoms with Crippen molar-refractivity contribution in [3.05, 3.63) is 29.6 Å². The molecular weight excluding hydrogens is 222 g/mol.